The molecule has 0 amide bonds. The normalized spacial score (nSPS) is 26.3. The summed E-state index contributed by atoms with van der Waals surface area (Å²) in [6.07, 6.45) is 9.18. The summed E-state index contributed by atoms with van der Waals surface area (Å²) in [5.41, 5.74) is 1.93. The van der Waals surface area contributed by atoms with Crippen LogP contribution in [-0.4, -0.2) is 22.4 Å². The molecule has 1 heterocycles. The molecule has 1 saturated carbocycles. The van der Waals surface area contributed by atoms with Gasteiger partial charge in [0.25, 0.3) is 0 Å². The molecule has 0 bridgehead atoms. The molecule has 28 heavy (non-hydrogen) atoms. The van der Waals surface area contributed by atoms with E-state index in [1.54, 1.807) is 0 Å². The third-order valence-electron chi connectivity index (χ3n) is 7.41. The Hall–Kier alpha value is -1.22. The van der Waals surface area contributed by atoms with Crippen LogP contribution in [0.25, 0.3) is 0 Å². The molecule has 1 aliphatic heterocycles. The Kier molecular flexibility index (Phi) is 6.34. The summed E-state index contributed by atoms with van der Waals surface area (Å²) in [6.45, 7) is 11.4. The molecule has 0 saturated heterocycles. The van der Waals surface area contributed by atoms with Gasteiger partial charge in [-0.25, -0.2) is 0 Å². The Morgan fingerprint density at radius 1 is 1.14 bits per heavy atom. The van der Waals surface area contributed by atoms with Crippen LogP contribution in [0, 0.1) is 11.8 Å². The van der Waals surface area contributed by atoms with E-state index < -0.39 is 0 Å². The summed E-state index contributed by atoms with van der Waals surface area (Å²) in [4.78, 5) is 0. The van der Waals surface area contributed by atoms with E-state index in [9.17, 15) is 10.2 Å². The number of phenolic OH excluding ortho intramolecular Hbond substituents is 1. The summed E-state index contributed by atoms with van der Waals surface area (Å²) < 4.78 is 6.49. The first-order valence-corrected chi connectivity index (χ1v) is 11.4. The van der Waals surface area contributed by atoms with Gasteiger partial charge in [-0.15, -0.1) is 0 Å². The maximum absolute atomic E-state index is 11.0. The van der Waals surface area contributed by atoms with Gasteiger partial charge in [0.1, 0.15) is 17.1 Å². The first-order chi connectivity index (χ1) is 13.2. The van der Waals surface area contributed by atoms with Crippen LogP contribution < -0.4 is 4.74 Å². The molecule has 1 aromatic carbocycles. The van der Waals surface area contributed by atoms with E-state index in [2.05, 4.69) is 40.7 Å². The number of hydrogen-bond acceptors (Lipinski definition) is 3. The maximum atomic E-state index is 11.0. The Morgan fingerprint density at radius 3 is 2.57 bits per heavy atom. The number of unbranched alkanes of at least 4 members (excludes halogenated alkanes) is 3. The van der Waals surface area contributed by atoms with Crippen molar-refractivity contribution < 1.29 is 14.9 Å². The van der Waals surface area contributed by atoms with Crippen molar-refractivity contribution in [1.82, 2.24) is 0 Å². The largest absolute Gasteiger partial charge is 0.508 e. The number of fused-ring (bicyclic) bond motifs is 3. The first-order valence-electron chi connectivity index (χ1n) is 11.4. The fraction of sp³-hybridized carbons (Fsp3) is 0.760. The van der Waals surface area contributed by atoms with Crippen molar-refractivity contribution in [3.63, 3.8) is 0 Å². The topological polar surface area (TPSA) is 49.7 Å². The van der Waals surface area contributed by atoms with E-state index in [-0.39, 0.29) is 23.5 Å². The number of aliphatic hydroxyl groups is 1. The van der Waals surface area contributed by atoms with Gasteiger partial charge in [0.2, 0.25) is 0 Å². The monoisotopic (exact) mass is 388 g/mol. The van der Waals surface area contributed by atoms with Gasteiger partial charge < -0.3 is 14.9 Å². The molecule has 2 aliphatic rings. The van der Waals surface area contributed by atoms with Crippen molar-refractivity contribution in [2.45, 2.75) is 103 Å². The zero-order valence-corrected chi connectivity index (χ0v) is 18.6. The smallest absolute Gasteiger partial charge is 0.127 e. The summed E-state index contributed by atoms with van der Waals surface area (Å²) in [7, 11) is 0. The lowest BCUT2D eigenvalue weighted by atomic mass is 9.63. The second kappa shape index (κ2) is 8.26. The minimum absolute atomic E-state index is 0.0187. The molecule has 3 rings (SSSR count). The van der Waals surface area contributed by atoms with Crippen LogP contribution in [-0.2, 0) is 5.41 Å². The number of benzene rings is 1. The lowest BCUT2D eigenvalue weighted by molar-refractivity contribution is -0.0211. The standard InChI is InChI=1S/C25H40O3/c1-6-7-8-9-12-24(2,3)18-14-21(27)23-19-13-17(16-26)10-11-20(19)25(4,5)28-22(23)15-18/h14-15,17,19-20,26-27H,6-13,16H2,1-5H3/t17-,19-,20-/m0/s1. The molecule has 158 valence electrons. The lowest BCUT2D eigenvalue weighted by Gasteiger charge is -2.49. The highest BCUT2D eigenvalue weighted by Crippen LogP contribution is 2.56. The summed E-state index contributed by atoms with van der Waals surface area (Å²) in [6, 6.07) is 4.18. The molecule has 3 atom stereocenters. The number of hydrogen-bond donors (Lipinski definition) is 2. The Bertz CT molecular complexity index is 677. The molecular weight excluding hydrogens is 348 g/mol. The van der Waals surface area contributed by atoms with Gasteiger partial charge in [0.15, 0.2) is 0 Å². The van der Waals surface area contributed by atoms with Gasteiger partial charge in [-0.2, -0.15) is 0 Å². The zero-order valence-electron chi connectivity index (χ0n) is 18.6. The van der Waals surface area contributed by atoms with E-state index >= 15 is 0 Å². The average molecular weight is 389 g/mol. The predicted molar refractivity (Wildman–Crippen MR) is 115 cm³/mol. The lowest BCUT2D eigenvalue weighted by Crippen LogP contribution is -2.47. The van der Waals surface area contributed by atoms with Crippen molar-refractivity contribution in [3.05, 3.63) is 23.3 Å². The number of rotatable bonds is 7. The molecule has 3 heteroatoms. The molecule has 0 unspecified atom stereocenters. The first kappa shape index (κ1) is 21.5. The van der Waals surface area contributed by atoms with Crippen molar-refractivity contribution in [1.29, 1.82) is 0 Å². The van der Waals surface area contributed by atoms with Crippen molar-refractivity contribution in [3.8, 4) is 11.5 Å². The van der Waals surface area contributed by atoms with E-state index in [0.29, 0.717) is 17.6 Å². The van der Waals surface area contributed by atoms with Crippen LogP contribution in [0.5, 0.6) is 11.5 Å². The molecule has 0 aromatic heterocycles. The van der Waals surface area contributed by atoms with Gasteiger partial charge in [-0.1, -0.05) is 46.5 Å². The Balaban J connectivity index is 1.91. The van der Waals surface area contributed by atoms with E-state index in [1.807, 2.05) is 6.07 Å². The Morgan fingerprint density at radius 2 is 1.89 bits per heavy atom. The van der Waals surface area contributed by atoms with Crippen LogP contribution in [0.1, 0.15) is 103 Å². The highest BCUT2D eigenvalue weighted by Gasteiger charge is 2.47. The third kappa shape index (κ3) is 4.20. The molecule has 2 N–H and O–H groups in total. The van der Waals surface area contributed by atoms with Crippen molar-refractivity contribution >= 4 is 0 Å². The van der Waals surface area contributed by atoms with Crippen molar-refractivity contribution in [2.75, 3.05) is 6.61 Å². The average Bonchev–Trinajstić information content (AvgIpc) is 2.63. The van der Waals surface area contributed by atoms with Gasteiger partial charge in [0, 0.05) is 18.1 Å². The summed E-state index contributed by atoms with van der Waals surface area (Å²) >= 11 is 0. The van der Waals surface area contributed by atoms with Crippen LogP contribution >= 0.6 is 0 Å². The maximum Gasteiger partial charge on any atom is 0.127 e. The number of phenols is 1. The second-order valence-corrected chi connectivity index (χ2v) is 10.4. The number of aromatic hydroxyl groups is 1. The quantitative estimate of drug-likeness (QED) is 0.539. The van der Waals surface area contributed by atoms with Gasteiger partial charge in [0.05, 0.1) is 0 Å². The summed E-state index contributed by atoms with van der Waals surface area (Å²) in [5.74, 6) is 2.24. The van der Waals surface area contributed by atoms with Crippen LogP contribution in [0.3, 0.4) is 0 Å². The number of aliphatic hydroxyl groups excluding tert-OH is 1. The molecule has 0 radical (unpaired) electrons. The zero-order chi connectivity index (χ0) is 20.5. The minimum Gasteiger partial charge on any atom is -0.508 e. The SMILES string of the molecule is CCCCCCC(C)(C)c1cc(O)c2c(c1)OC(C)(C)[C@H]1CC[C@H](CO)C[C@H]21. The van der Waals surface area contributed by atoms with Gasteiger partial charge >= 0.3 is 0 Å². The molecule has 0 spiro atoms. The molecule has 1 aliphatic carbocycles. The second-order valence-electron chi connectivity index (χ2n) is 10.4. The Labute approximate surface area is 171 Å². The van der Waals surface area contributed by atoms with E-state index in [1.165, 1.54) is 31.2 Å². The minimum atomic E-state index is -0.242. The van der Waals surface area contributed by atoms with E-state index in [4.69, 9.17) is 4.74 Å². The van der Waals surface area contributed by atoms with Crippen LogP contribution in [0.4, 0.5) is 0 Å². The molecule has 1 fully saturated rings. The van der Waals surface area contributed by atoms with E-state index in [0.717, 1.165) is 37.0 Å². The highest BCUT2D eigenvalue weighted by atomic mass is 16.5. The molecule has 1 aromatic rings. The summed E-state index contributed by atoms with van der Waals surface area (Å²) in [5, 5.41) is 20.7. The van der Waals surface area contributed by atoms with Gasteiger partial charge in [-0.3, -0.25) is 0 Å². The molecular formula is C25H40O3. The highest BCUT2D eigenvalue weighted by molar-refractivity contribution is 5.53. The predicted octanol–water partition coefficient (Wildman–Crippen LogP) is 6.30. The van der Waals surface area contributed by atoms with Gasteiger partial charge in [-0.05, 0) is 74.5 Å². The fourth-order valence-electron chi connectivity index (χ4n) is 5.53. The van der Waals surface area contributed by atoms with Crippen LogP contribution in [0.2, 0.25) is 0 Å². The fourth-order valence-corrected chi connectivity index (χ4v) is 5.53. The van der Waals surface area contributed by atoms with Crippen LogP contribution in [0.15, 0.2) is 12.1 Å². The van der Waals surface area contributed by atoms with Crippen molar-refractivity contribution in [2.24, 2.45) is 11.8 Å². The third-order valence-corrected chi connectivity index (χ3v) is 7.41. The molecule has 3 nitrogen and oxygen atoms in total. The number of ether oxygens (including phenoxy) is 1.